The lowest BCUT2D eigenvalue weighted by Gasteiger charge is -2.23. The summed E-state index contributed by atoms with van der Waals surface area (Å²) in [6.07, 6.45) is 1.20. The third-order valence-corrected chi connectivity index (χ3v) is 3.57. The van der Waals surface area contributed by atoms with E-state index in [1.54, 1.807) is 0 Å². The van der Waals surface area contributed by atoms with Crippen molar-refractivity contribution < 1.29 is 0 Å². The van der Waals surface area contributed by atoms with Crippen molar-refractivity contribution in [3.63, 3.8) is 0 Å². The first kappa shape index (κ1) is 12.7. The quantitative estimate of drug-likeness (QED) is 0.889. The van der Waals surface area contributed by atoms with Gasteiger partial charge in [-0.1, -0.05) is 37.6 Å². The van der Waals surface area contributed by atoms with Gasteiger partial charge in [0.05, 0.1) is 10.7 Å². The molecule has 1 aromatic carbocycles. The molecule has 2 rings (SSSR count). The Morgan fingerprint density at radius 3 is 2.82 bits per heavy atom. The number of hydrogen-bond donors (Lipinski definition) is 1. The van der Waals surface area contributed by atoms with E-state index in [1.165, 1.54) is 17.7 Å². The molecule has 1 aromatic rings. The third-order valence-electron chi connectivity index (χ3n) is 3.26. The number of nitrogens with one attached hydrogen (secondary N) is 1. The van der Waals surface area contributed by atoms with E-state index in [0.717, 1.165) is 18.1 Å². The predicted molar refractivity (Wildman–Crippen MR) is 75.1 cm³/mol. The van der Waals surface area contributed by atoms with E-state index in [2.05, 4.69) is 37.1 Å². The molecule has 94 valence electrons. The lowest BCUT2D eigenvalue weighted by atomic mass is 10.2. The summed E-state index contributed by atoms with van der Waals surface area (Å²) < 4.78 is 0. The second-order valence-electron chi connectivity index (χ2n) is 5.16. The van der Waals surface area contributed by atoms with E-state index in [0.29, 0.717) is 12.1 Å². The van der Waals surface area contributed by atoms with E-state index in [9.17, 15) is 0 Å². The normalized spacial score (nSPS) is 20.3. The van der Waals surface area contributed by atoms with Crippen LogP contribution < -0.4 is 10.2 Å². The summed E-state index contributed by atoms with van der Waals surface area (Å²) in [4.78, 5) is 2.40. The average molecular weight is 253 g/mol. The summed E-state index contributed by atoms with van der Waals surface area (Å²) in [5.74, 6) is 0. The van der Waals surface area contributed by atoms with Gasteiger partial charge in [0.1, 0.15) is 0 Å². The van der Waals surface area contributed by atoms with Crippen LogP contribution in [-0.2, 0) is 0 Å². The summed E-state index contributed by atoms with van der Waals surface area (Å²) in [5, 5.41) is 4.47. The van der Waals surface area contributed by atoms with Crippen LogP contribution in [0.1, 0.15) is 25.8 Å². The molecule has 0 bridgehead atoms. The summed E-state index contributed by atoms with van der Waals surface area (Å²) in [7, 11) is 0. The van der Waals surface area contributed by atoms with Gasteiger partial charge < -0.3 is 10.2 Å². The molecule has 0 spiro atoms. The van der Waals surface area contributed by atoms with Gasteiger partial charge in [0.15, 0.2) is 0 Å². The number of anilines is 1. The molecule has 0 radical (unpaired) electrons. The van der Waals surface area contributed by atoms with Crippen LogP contribution in [0.5, 0.6) is 0 Å². The van der Waals surface area contributed by atoms with Crippen LogP contribution in [0.2, 0.25) is 5.02 Å². The number of para-hydroxylation sites is 1. The second kappa shape index (κ2) is 5.28. The fourth-order valence-electron chi connectivity index (χ4n) is 2.59. The average Bonchev–Trinajstić information content (AvgIpc) is 2.65. The zero-order chi connectivity index (χ0) is 12.4. The molecule has 1 unspecified atom stereocenters. The predicted octanol–water partition coefficient (Wildman–Crippen LogP) is 3.23. The molecular formula is C14H21ClN2. The van der Waals surface area contributed by atoms with Crippen molar-refractivity contribution in [2.45, 2.75) is 39.3 Å². The van der Waals surface area contributed by atoms with Crippen molar-refractivity contribution >= 4 is 17.3 Å². The molecular weight excluding hydrogens is 232 g/mol. The highest BCUT2D eigenvalue weighted by atomic mass is 35.5. The Morgan fingerprint density at radius 1 is 1.41 bits per heavy atom. The highest BCUT2D eigenvalue weighted by Crippen LogP contribution is 2.31. The lowest BCUT2D eigenvalue weighted by molar-refractivity contribution is 0.492. The zero-order valence-electron chi connectivity index (χ0n) is 10.8. The molecule has 1 saturated heterocycles. The molecule has 1 N–H and O–H groups in total. The molecule has 3 heteroatoms. The van der Waals surface area contributed by atoms with Crippen LogP contribution in [0.4, 0.5) is 5.69 Å². The van der Waals surface area contributed by atoms with Crippen molar-refractivity contribution in [3.05, 3.63) is 28.8 Å². The first-order valence-corrected chi connectivity index (χ1v) is 6.72. The Hall–Kier alpha value is -0.730. The number of hydrogen-bond acceptors (Lipinski definition) is 2. The molecule has 1 heterocycles. The number of nitrogens with zero attached hydrogens (tertiary/aromatic N) is 1. The van der Waals surface area contributed by atoms with E-state index < -0.39 is 0 Å². The summed E-state index contributed by atoms with van der Waals surface area (Å²) in [6, 6.07) is 7.26. The molecule has 1 fully saturated rings. The molecule has 0 amide bonds. The van der Waals surface area contributed by atoms with Crippen molar-refractivity contribution in [1.82, 2.24) is 5.32 Å². The number of halogens is 1. The standard InChI is InChI=1S/C14H21ClN2/c1-10(2)16-12-7-8-17(9-12)14-11(3)5-4-6-13(14)15/h4-6,10,12,16H,7-9H2,1-3H3. The van der Waals surface area contributed by atoms with Gasteiger partial charge in [-0.3, -0.25) is 0 Å². The fraction of sp³-hybridized carbons (Fsp3) is 0.571. The van der Waals surface area contributed by atoms with E-state index in [-0.39, 0.29) is 0 Å². The Balaban J connectivity index is 2.10. The maximum atomic E-state index is 6.30. The lowest BCUT2D eigenvalue weighted by Crippen LogP contribution is -2.37. The van der Waals surface area contributed by atoms with Crippen molar-refractivity contribution in [3.8, 4) is 0 Å². The van der Waals surface area contributed by atoms with Crippen LogP contribution in [0.25, 0.3) is 0 Å². The largest absolute Gasteiger partial charge is 0.368 e. The maximum Gasteiger partial charge on any atom is 0.0642 e. The molecule has 0 aliphatic carbocycles. The van der Waals surface area contributed by atoms with Crippen LogP contribution >= 0.6 is 11.6 Å². The summed E-state index contributed by atoms with van der Waals surface area (Å²) >= 11 is 6.30. The Morgan fingerprint density at radius 2 is 2.18 bits per heavy atom. The maximum absolute atomic E-state index is 6.30. The van der Waals surface area contributed by atoms with Crippen molar-refractivity contribution in [2.24, 2.45) is 0 Å². The van der Waals surface area contributed by atoms with Gasteiger partial charge in [-0.25, -0.2) is 0 Å². The molecule has 0 aromatic heterocycles. The molecule has 1 atom stereocenters. The van der Waals surface area contributed by atoms with Gasteiger partial charge in [-0.2, -0.15) is 0 Å². The van der Waals surface area contributed by atoms with Gasteiger partial charge in [0.25, 0.3) is 0 Å². The monoisotopic (exact) mass is 252 g/mol. The molecule has 1 aliphatic heterocycles. The van der Waals surface area contributed by atoms with Gasteiger partial charge in [0.2, 0.25) is 0 Å². The SMILES string of the molecule is Cc1cccc(Cl)c1N1CCC(NC(C)C)C1. The van der Waals surface area contributed by atoms with Gasteiger partial charge in [0, 0.05) is 25.2 Å². The molecule has 1 aliphatic rings. The minimum atomic E-state index is 0.548. The number of rotatable bonds is 3. The van der Waals surface area contributed by atoms with Crippen molar-refractivity contribution in [1.29, 1.82) is 0 Å². The van der Waals surface area contributed by atoms with Crippen LogP contribution in [0, 0.1) is 6.92 Å². The van der Waals surface area contributed by atoms with Gasteiger partial charge in [-0.05, 0) is 25.0 Å². The van der Waals surface area contributed by atoms with Gasteiger partial charge in [-0.15, -0.1) is 0 Å². The van der Waals surface area contributed by atoms with E-state index in [4.69, 9.17) is 11.6 Å². The highest BCUT2D eigenvalue weighted by Gasteiger charge is 2.24. The van der Waals surface area contributed by atoms with Gasteiger partial charge >= 0.3 is 0 Å². The summed E-state index contributed by atoms with van der Waals surface area (Å²) in [5.41, 5.74) is 2.48. The number of benzene rings is 1. The first-order valence-electron chi connectivity index (χ1n) is 6.34. The zero-order valence-corrected chi connectivity index (χ0v) is 11.6. The molecule has 0 saturated carbocycles. The molecule has 2 nitrogen and oxygen atoms in total. The van der Waals surface area contributed by atoms with Crippen molar-refractivity contribution in [2.75, 3.05) is 18.0 Å². The van der Waals surface area contributed by atoms with E-state index >= 15 is 0 Å². The Kier molecular flexibility index (Phi) is 3.95. The molecule has 17 heavy (non-hydrogen) atoms. The van der Waals surface area contributed by atoms with Crippen LogP contribution in [-0.4, -0.2) is 25.2 Å². The highest BCUT2D eigenvalue weighted by molar-refractivity contribution is 6.33. The smallest absolute Gasteiger partial charge is 0.0642 e. The van der Waals surface area contributed by atoms with Crippen LogP contribution in [0.3, 0.4) is 0 Å². The summed E-state index contributed by atoms with van der Waals surface area (Å²) in [6.45, 7) is 8.68. The van der Waals surface area contributed by atoms with Crippen LogP contribution in [0.15, 0.2) is 18.2 Å². The Labute approximate surface area is 109 Å². The third kappa shape index (κ3) is 2.93. The Bertz CT molecular complexity index is 370. The number of aryl methyl sites for hydroxylation is 1. The topological polar surface area (TPSA) is 15.3 Å². The fourth-order valence-corrected chi connectivity index (χ4v) is 2.94. The first-order chi connectivity index (χ1) is 8.08. The minimum absolute atomic E-state index is 0.548. The minimum Gasteiger partial charge on any atom is -0.368 e. The second-order valence-corrected chi connectivity index (χ2v) is 5.57. The van der Waals surface area contributed by atoms with E-state index in [1.807, 2.05) is 12.1 Å².